The summed E-state index contributed by atoms with van der Waals surface area (Å²) in [5, 5.41) is -0.491. The molecule has 42 valence electrons. The molecule has 0 aliphatic carbocycles. The highest BCUT2D eigenvalue weighted by Crippen LogP contribution is 2.28. The van der Waals surface area contributed by atoms with Gasteiger partial charge in [-0.25, -0.2) is 0 Å². The van der Waals surface area contributed by atoms with Gasteiger partial charge >= 0.3 is 0 Å². The molecule has 0 nitrogen and oxygen atoms in total. The zero-order chi connectivity index (χ0) is 6.78. The lowest BCUT2D eigenvalue weighted by Gasteiger charge is -2.26. The second-order valence-corrected chi connectivity index (χ2v) is 2.68. The first kappa shape index (κ1) is 8.13. The molecule has 0 spiro atoms. The monoisotopic (exact) mass is 106 g/mol. The molecule has 1 atom stereocenters. The Morgan fingerprint density at radius 3 is 1.88 bits per heavy atom. The Balaban J connectivity index is 3.62. The van der Waals surface area contributed by atoms with Crippen molar-refractivity contribution in [2.45, 2.75) is 32.4 Å². The maximum atomic E-state index is 5.57. The first-order valence-electron chi connectivity index (χ1n) is 3.06. The van der Waals surface area contributed by atoms with E-state index in [0.29, 0.717) is 5.92 Å². The summed E-state index contributed by atoms with van der Waals surface area (Å²) < 4.78 is 0. The second-order valence-electron chi connectivity index (χ2n) is 2.68. The van der Waals surface area contributed by atoms with Gasteiger partial charge in [-0.2, -0.15) is 0 Å². The maximum Gasteiger partial charge on any atom is 0.0620 e. The van der Waals surface area contributed by atoms with Crippen molar-refractivity contribution in [1.82, 2.24) is 0 Å². The molecule has 0 fully saturated rings. The quantitative estimate of drug-likeness (QED) is 0.467. The molecule has 0 aromatic heterocycles. The molecule has 1 unspecified atom stereocenters. The Morgan fingerprint density at radius 2 is 1.88 bits per heavy atom. The fourth-order valence-corrected chi connectivity index (χ4v) is 0.440. The van der Waals surface area contributed by atoms with Gasteiger partial charge in [-0.1, -0.05) is 38.3 Å². The molecule has 4 radical (unpaired) electrons. The molecule has 0 aliphatic heterocycles. The van der Waals surface area contributed by atoms with Crippen molar-refractivity contribution < 1.29 is 0 Å². The maximum absolute atomic E-state index is 5.57. The summed E-state index contributed by atoms with van der Waals surface area (Å²) in [5.74, 6) is 0.405. The fourth-order valence-electron chi connectivity index (χ4n) is 0.440. The van der Waals surface area contributed by atoms with E-state index in [2.05, 4.69) is 13.8 Å². The third-order valence-corrected chi connectivity index (χ3v) is 1.67. The molecule has 0 saturated heterocycles. The molecule has 0 amide bonds. The van der Waals surface area contributed by atoms with E-state index in [1.165, 1.54) is 0 Å². The summed E-state index contributed by atoms with van der Waals surface area (Å²) in [7, 11) is 11.1. The molecule has 0 bridgehead atoms. The van der Waals surface area contributed by atoms with E-state index in [-0.39, 0.29) is 0 Å². The van der Waals surface area contributed by atoms with Gasteiger partial charge in [0.1, 0.15) is 0 Å². The van der Waals surface area contributed by atoms with Crippen LogP contribution >= 0.6 is 0 Å². The van der Waals surface area contributed by atoms with Gasteiger partial charge in [-0.05, 0) is 0 Å². The van der Waals surface area contributed by atoms with Gasteiger partial charge in [0.15, 0.2) is 0 Å². The SMILES string of the molecule is [B]C([B])(C)C(C)CC. The average Bonchev–Trinajstić information content (AvgIpc) is 1.62. The van der Waals surface area contributed by atoms with Crippen molar-refractivity contribution in [3.63, 3.8) is 0 Å². The third-order valence-electron chi connectivity index (χ3n) is 1.67. The lowest BCUT2D eigenvalue weighted by molar-refractivity contribution is 0.504. The lowest BCUT2D eigenvalue weighted by atomic mass is 9.49. The Hall–Kier alpha value is 0.130. The zero-order valence-electron chi connectivity index (χ0n) is 5.94. The minimum absolute atomic E-state index is 0.405. The Kier molecular flexibility index (Phi) is 2.65. The minimum atomic E-state index is -0.491. The van der Waals surface area contributed by atoms with Crippen LogP contribution in [0.1, 0.15) is 27.2 Å². The molecular weight excluding hydrogens is 93.7 g/mol. The predicted molar refractivity (Wildman–Crippen MR) is 39.3 cm³/mol. The van der Waals surface area contributed by atoms with Crippen molar-refractivity contribution >= 4 is 15.7 Å². The van der Waals surface area contributed by atoms with E-state index < -0.39 is 5.21 Å². The van der Waals surface area contributed by atoms with Crippen molar-refractivity contribution in [1.29, 1.82) is 0 Å². The molecule has 0 heterocycles. The van der Waals surface area contributed by atoms with Crippen LogP contribution in [0.15, 0.2) is 0 Å². The van der Waals surface area contributed by atoms with Gasteiger partial charge in [0.25, 0.3) is 0 Å². The molecule has 0 aromatic carbocycles. The summed E-state index contributed by atoms with van der Waals surface area (Å²) in [4.78, 5) is 0. The molecule has 8 heavy (non-hydrogen) atoms. The molecule has 0 N–H and O–H groups in total. The average molecular weight is 106 g/mol. The van der Waals surface area contributed by atoms with E-state index >= 15 is 0 Å². The van der Waals surface area contributed by atoms with Crippen LogP contribution in [0, 0.1) is 5.92 Å². The largest absolute Gasteiger partial charge is 0.0992 e. The molecule has 0 aromatic rings. The molecule has 0 saturated carbocycles. The van der Waals surface area contributed by atoms with Crippen LogP contribution in [0.2, 0.25) is 5.21 Å². The molecule has 2 heteroatoms. The van der Waals surface area contributed by atoms with Gasteiger partial charge < -0.3 is 0 Å². The third kappa shape index (κ3) is 2.44. The van der Waals surface area contributed by atoms with Gasteiger partial charge in [0.05, 0.1) is 15.7 Å². The van der Waals surface area contributed by atoms with Crippen molar-refractivity contribution in [2.75, 3.05) is 0 Å². The number of rotatable bonds is 2. The standard InChI is InChI=1S/C6H12B2/c1-4-5(2)6(3,7)8/h5H,4H2,1-3H3. The second kappa shape index (κ2) is 2.61. The van der Waals surface area contributed by atoms with Crippen LogP contribution in [0.25, 0.3) is 0 Å². The minimum Gasteiger partial charge on any atom is -0.0992 e. The van der Waals surface area contributed by atoms with Crippen molar-refractivity contribution in [2.24, 2.45) is 5.92 Å². The van der Waals surface area contributed by atoms with Crippen LogP contribution in [-0.2, 0) is 0 Å². The molecule has 0 rings (SSSR count). The first-order valence-corrected chi connectivity index (χ1v) is 3.06. The summed E-state index contributed by atoms with van der Waals surface area (Å²) in [5.41, 5.74) is 0. The van der Waals surface area contributed by atoms with Crippen LogP contribution in [0.5, 0.6) is 0 Å². The first-order chi connectivity index (χ1) is 3.48. The van der Waals surface area contributed by atoms with Crippen LogP contribution in [-0.4, -0.2) is 15.7 Å². The predicted octanol–water partition coefficient (Wildman–Crippen LogP) is 1.51. The summed E-state index contributed by atoms with van der Waals surface area (Å²) in [6.45, 7) is 5.99. The highest BCUT2D eigenvalue weighted by atomic mass is 14.1. The van der Waals surface area contributed by atoms with Crippen molar-refractivity contribution in [3.05, 3.63) is 0 Å². The van der Waals surface area contributed by atoms with E-state index in [0.717, 1.165) is 6.42 Å². The topological polar surface area (TPSA) is 0 Å². The van der Waals surface area contributed by atoms with Crippen molar-refractivity contribution in [3.8, 4) is 0 Å². The fraction of sp³-hybridized carbons (Fsp3) is 1.00. The van der Waals surface area contributed by atoms with Gasteiger partial charge in [-0.3, -0.25) is 0 Å². The smallest absolute Gasteiger partial charge is 0.0620 e. The number of hydrogen-bond acceptors (Lipinski definition) is 0. The van der Waals surface area contributed by atoms with E-state index in [4.69, 9.17) is 15.7 Å². The van der Waals surface area contributed by atoms with Gasteiger partial charge in [-0.15, -0.1) is 0 Å². The molecular formula is C6H12B2. The summed E-state index contributed by atoms with van der Waals surface area (Å²) in [6, 6.07) is 0. The van der Waals surface area contributed by atoms with Gasteiger partial charge in [0.2, 0.25) is 0 Å². The van der Waals surface area contributed by atoms with Crippen LogP contribution < -0.4 is 0 Å². The van der Waals surface area contributed by atoms with Crippen LogP contribution in [0.4, 0.5) is 0 Å². The normalized spacial score (nSPS) is 15.9. The zero-order valence-corrected chi connectivity index (χ0v) is 5.94. The Bertz CT molecular complexity index is 63.4. The number of hydrogen-bond donors (Lipinski definition) is 0. The Labute approximate surface area is 54.9 Å². The van der Waals surface area contributed by atoms with E-state index in [1.54, 1.807) is 0 Å². The highest BCUT2D eigenvalue weighted by Gasteiger charge is 2.15. The summed E-state index contributed by atoms with van der Waals surface area (Å²) >= 11 is 0. The Morgan fingerprint density at radius 1 is 1.50 bits per heavy atom. The van der Waals surface area contributed by atoms with E-state index in [1.807, 2.05) is 6.92 Å². The summed E-state index contributed by atoms with van der Waals surface area (Å²) in [6.07, 6.45) is 1.05. The van der Waals surface area contributed by atoms with Gasteiger partial charge in [0, 0.05) is 0 Å². The van der Waals surface area contributed by atoms with E-state index in [9.17, 15) is 0 Å². The van der Waals surface area contributed by atoms with Crippen LogP contribution in [0.3, 0.4) is 0 Å². The lowest BCUT2D eigenvalue weighted by Crippen LogP contribution is -2.17. The highest BCUT2D eigenvalue weighted by molar-refractivity contribution is 6.39. The molecule has 0 aliphatic rings.